The molecule has 2 aromatic carbocycles. The van der Waals surface area contributed by atoms with Gasteiger partial charge in [-0.15, -0.1) is 0 Å². The second-order valence-corrected chi connectivity index (χ2v) is 7.12. The Morgan fingerprint density at radius 2 is 1.82 bits per heavy atom. The maximum atomic E-state index is 12.8. The topological polar surface area (TPSA) is 67.7 Å². The van der Waals surface area contributed by atoms with Gasteiger partial charge in [0.15, 0.2) is 0 Å². The van der Waals surface area contributed by atoms with Crippen molar-refractivity contribution in [3.63, 3.8) is 0 Å². The molecule has 0 spiro atoms. The van der Waals surface area contributed by atoms with Gasteiger partial charge in [-0.25, -0.2) is 9.99 Å². The average molecular weight is 374 g/mol. The van der Waals surface area contributed by atoms with Crippen LogP contribution in [0.15, 0.2) is 59.8 Å². The zero-order valence-electron chi connectivity index (χ0n) is 16.2. The fourth-order valence-corrected chi connectivity index (χ4v) is 3.30. The molecule has 1 aliphatic rings. The number of methoxy groups -OCH3 is 1. The summed E-state index contributed by atoms with van der Waals surface area (Å²) in [6, 6.07) is 15.2. The number of rotatable bonds is 4. The van der Waals surface area contributed by atoms with Crippen LogP contribution in [-0.4, -0.2) is 33.7 Å². The maximum absolute atomic E-state index is 12.8. The fraction of sp³-hybridized carbons (Fsp3) is 0.273. The lowest BCUT2D eigenvalue weighted by Crippen LogP contribution is -2.31. The van der Waals surface area contributed by atoms with Crippen LogP contribution in [0, 0.1) is 5.92 Å². The third-order valence-corrected chi connectivity index (χ3v) is 4.86. The summed E-state index contributed by atoms with van der Waals surface area (Å²) in [6.45, 7) is 3.76. The van der Waals surface area contributed by atoms with Gasteiger partial charge in [0.25, 0.3) is 0 Å². The van der Waals surface area contributed by atoms with Crippen LogP contribution in [0.4, 0.5) is 0 Å². The van der Waals surface area contributed by atoms with Gasteiger partial charge >= 0.3 is 0 Å². The number of aromatic nitrogens is 2. The van der Waals surface area contributed by atoms with Crippen molar-refractivity contribution in [2.45, 2.75) is 26.3 Å². The van der Waals surface area contributed by atoms with Crippen molar-refractivity contribution in [1.29, 1.82) is 0 Å². The van der Waals surface area contributed by atoms with E-state index >= 15 is 0 Å². The summed E-state index contributed by atoms with van der Waals surface area (Å²) < 4.78 is 5.23. The molecule has 0 bridgehead atoms. The van der Waals surface area contributed by atoms with Crippen LogP contribution in [0.25, 0.3) is 11.0 Å². The van der Waals surface area contributed by atoms with E-state index in [0.717, 1.165) is 33.8 Å². The molecule has 1 amide bonds. The summed E-state index contributed by atoms with van der Waals surface area (Å²) in [5.41, 5.74) is 4.23. The van der Waals surface area contributed by atoms with E-state index in [1.165, 1.54) is 0 Å². The summed E-state index contributed by atoms with van der Waals surface area (Å²) in [5.74, 6) is 0.604. The number of nitrogens with zero attached hydrogens (tertiary/aromatic N) is 4. The third kappa shape index (κ3) is 3.33. The number of para-hydroxylation sites is 2. The largest absolute Gasteiger partial charge is 0.497 e. The Morgan fingerprint density at radius 1 is 1.11 bits per heavy atom. The number of amides is 1. The molecule has 142 valence electrons. The highest BCUT2D eigenvalue weighted by Gasteiger charge is 2.35. The third-order valence-electron chi connectivity index (χ3n) is 4.86. The van der Waals surface area contributed by atoms with Crippen LogP contribution >= 0.6 is 0 Å². The van der Waals surface area contributed by atoms with E-state index in [4.69, 9.17) is 9.72 Å². The highest BCUT2D eigenvalue weighted by atomic mass is 16.5. The van der Waals surface area contributed by atoms with E-state index in [0.29, 0.717) is 6.42 Å². The predicted molar refractivity (Wildman–Crippen MR) is 108 cm³/mol. The normalized spacial score (nSPS) is 16.5. The smallest absolute Gasteiger partial charge is 0.245 e. The minimum atomic E-state index is -0.260. The predicted octanol–water partition coefficient (Wildman–Crippen LogP) is 3.97. The Morgan fingerprint density at radius 3 is 2.50 bits per heavy atom. The first kappa shape index (κ1) is 18.1. The molecule has 1 atom stereocenters. The highest BCUT2D eigenvalue weighted by Crippen LogP contribution is 2.33. The van der Waals surface area contributed by atoms with Gasteiger partial charge in [0.2, 0.25) is 5.91 Å². The van der Waals surface area contributed by atoms with Crippen LogP contribution in [0.1, 0.15) is 37.6 Å². The summed E-state index contributed by atoms with van der Waals surface area (Å²) in [7, 11) is 1.64. The van der Waals surface area contributed by atoms with E-state index in [2.05, 4.69) is 10.1 Å². The number of hydrazone groups is 1. The summed E-state index contributed by atoms with van der Waals surface area (Å²) in [5, 5.41) is 6.24. The van der Waals surface area contributed by atoms with Crippen molar-refractivity contribution in [3.8, 4) is 5.75 Å². The van der Waals surface area contributed by atoms with Gasteiger partial charge in [-0.2, -0.15) is 5.10 Å². The fourth-order valence-electron chi connectivity index (χ4n) is 3.30. The van der Waals surface area contributed by atoms with Gasteiger partial charge in [-0.05, 0) is 42.0 Å². The number of carbonyl (C=O) groups excluding carboxylic acids is 1. The monoisotopic (exact) mass is 374 g/mol. The summed E-state index contributed by atoms with van der Waals surface area (Å²) in [6.07, 6.45) is 2.35. The average Bonchev–Trinajstić information content (AvgIpc) is 3.18. The molecule has 0 radical (unpaired) electrons. The molecule has 1 aliphatic heterocycles. The number of ether oxygens (including phenoxy) is 1. The quantitative estimate of drug-likeness (QED) is 0.693. The van der Waals surface area contributed by atoms with Crippen molar-refractivity contribution in [2.24, 2.45) is 11.0 Å². The molecule has 0 fully saturated rings. The summed E-state index contributed by atoms with van der Waals surface area (Å²) in [4.78, 5) is 22.1. The molecule has 4 rings (SSSR count). The number of carbonyl (C=O) groups is 1. The Hall–Kier alpha value is -3.28. The van der Waals surface area contributed by atoms with Gasteiger partial charge in [0.1, 0.15) is 11.8 Å². The van der Waals surface area contributed by atoms with E-state index < -0.39 is 0 Å². The number of fused-ring (bicyclic) bond motifs is 1. The van der Waals surface area contributed by atoms with Crippen LogP contribution in [-0.2, 0) is 4.79 Å². The van der Waals surface area contributed by atoms with Gasteiger partial charge < -0.3 is 4.74 Å². The highest BCUT2D eigenvalue weighted by molar-refractivity contribution is 6.03. The maximum Gasteiger partial charge on any atom is 0.245 e. The molecule has 3 aromatic rings. The lowest BCUT2D eigenvalue weighted by molar-refractivity contribution is -0.136. The number of hydrogen-bond donors (Lipinski definition) is 0. The molecule has 1 aromatic heterocycles. The van der Waals surface area contributed by atoms with Crippen molar-refractivity contribution in [1.82, 2.24) is 15.0 Å². The van der Waals surface area contributed by atoms with Crippen LogP contribution in [0.3, 0.4) is 0 Å². The first-order valence-corrected chi connectivity index (χ1v) is 9.33. The Bertz CT molecular complexity index is 1040. The Kier molecular flexibility index (Phi) is 4.77. The van der Waals surface area contributed by atoms with Crippen molar-refractivity contribution >= 4 is 22.7 Å². The number of hydrogen-bond acceptors (Lipinski definition) is 5. The lowest BCUT2D eigenvalue weighted by Gasteiger charge is -2.22. The first-order chi connectivity index (χ1) is 13.6. The molecule has 28 heavy (non-hydrogen) atoms. The van der Waals surface area contributed by atoms with Crippen molar-refractivity contribution < 1.29 is 9.53 Å². The molecule has 0 saturated heterocycles. The van der Waals surface area contributed by atoms with E-state index in [1.54, 1.807) is 18.3 Å². The summed E-state index contributed by atoms with van der Waals surface area (Å²) >= 11 is 0. The second-order valence-electron chi connectivity index (χ2n) is 7.12. The second kappa shape index (κ2) is 7.38. The standard InChI is InChI=1S/C22H22N4O2/c1-14(2)22(27)26-21(20-13-23-17-6-4-5-7-18(17)24-20)12-19(25-26)15-8-10-16(28-3)11-9-15/h4-11,13-14,21H,12H2,1-3H3. The molecule has 6 heteroatoms. The van der Waals surface area contributed by atoms with E-state index in [1.807, 2.05) is 62.4 Å². The molecular weight excluding hydrogens is 352 g/mol. The van der Waals surface area contributed by atoms with E-state index in [9.17, 15) is 4.79 Å². The van der Waals surface area contributed by atoms with Gasteiger partial charge in [-0.1, -0.05) is 26.0 Å². The lowest BCUT2D eigenvalue weighted by atomic mass is 10.0. The zero-order chi connectivity index (χ0) is 19.7. The molecule has 2 heterocycles. The molecule has 0 N–H and O–H groups in total. The van der Waals surface area contributed by atoms with Crippen LogP contribution in [0.5, 0.6) is 5.75 Å². The SMILES string of the molecule is COc1ccc(C2=NN(C(=O)C(C)C)C(c3cnc4ccccc4n3)C2)cc1. The van der Waals surface area contributed by atoms with Crippen LogP contribution < -0.4 is 4.74 Å². The minimum Gasteiger partial charge on any atom is -0.497 e. The minimum absolute atomic E-state index is 0.0246. The van der Waals surface area contributed by atoms with Crippen molar-refractivity contribution in [3.05, 3.63) is 66.0 Å². The zero-order valence-corrected chi connectivity index (χ0v) is 16.2. The molecule has 0 saturated carbocycles. The van der Waals surface area contributed by atoms with Gasteiger partial charge in [0.05, 0.1) is 35.7 Å². The molecule has 0 aliphatic carbocycles. The van der Waals surface area contributed by atoms with Crippen molar-refractivity contribution in [2.75, 3.05) is 7.11 Å². The first-order valence-electron chi connectivity index (χ1n) is 9.33. The molecular formula is C22H22N4O2. The number of benzene rings is 2. The van der Waals surface area contributed by atoms with E-state index in [-0.39, 0.29) is 17.9 Å². The Labute approximate surface area is 163 Å². The molecule has 6 nitrogen and oxygen atoms in total. The molecule has 1 unspecified atom stereocenters. The Balaban J connectivity index is 1.71. The van der Waals surface area contributed by atoms with Crippen LogP contribution in [0.2, 0.25) is 0 Å². The van der Waals surface area contributed by atoms with Gasteiger partial charge in [0, 0.05) is 12.3 Å². The van der Waals surface area contributed by atoms with Gasteiger partial charge in [-0.3, -0.25) is 9.78 Å².